The zero-order chi connectivity index (χ0) is 17.5. The van der Waals surface area contributed by atoms with Crippen molar-refractivity contribution in [1.82, 2.24) is 0 Å². The molecule has 2 fully saturated rings. The summed E-state index contributed by atoms with van der Waals surface area (Å²) in [6, 6.07) is 0. The van der Waals surface area contributed by atoms with Crippen LogP contribution in [-0.2, 0) is 0 Å². The first-order chi connectivity index (χ1) is 10.5. The van der Waals surface area contributed by atoms with Crippen molar-refractivity contribution in [2.24, 2.45) is 33.5 Å². The van der Waals surface area contributed by atoms with Crippen molar-refractivity contribution in [1.29, 1.82) is 0 Å². The molecule has 5 atom stereocenters. The third-order valence-corrected chi connectivity index (χ3v) is 9.14. The van der Waals surface area contributed by atoms with Crippen molar-refractivity contribution in [2.75, 3.05) is 0 Å². The lowest BCUT2D eigenvalue weighted by atomic mass is 9.57. The summed E-state index contributed by atoms with van der Waals surface area (Å²) in [5.74, 6) is 1.84. The highest BCUT2D eigenvalue weighted by atomic mass is 14.6. The summed E-state index contributed by atoms with van der Waals surface area (Å²) in [7, 11) is 0. The number of rotatable bonds is 4. The van der Waals surface area contributed by atoms with Crippen LogP contribution in [0.2, 0.25) is 0 Å². The van der Waals surface area contributed by atoms with Gasteiger partial charge in [0.1, 0.15) is 0 Å². The van der Waals surface area contributed by atoms with Gasteiger partial charge in [-0.3, -0.25) is 0 Å². The lowest BCUT2D eigenvalue weighted by Crippen LogP contribution is -2.38. The molecule has 5 unspecified atom stereocenters. The number of hydrogen-bond donors (Lipinski definition) is 0. The second-order valence-corrected chi connectivity index (χ2v) is 10.9. The summed E-state index contributed by atoms with van der Waals surface area (Å²) in [6.45, 7) is 20.3. The molecule has 2 aliphatic rings. The topological polar surface area (TPSA) is 0 Å². The predicted molar refractivity (Wildman–Crippen MR) is 104 cm³/mol. The molecule has 0 spiro atoms. The summed E-state index contributed by atoms with van der Waals surface area (Å²) >= 11 is 0. The largest absolute Gasteiger partial charge is 0.0654 e. The highest BCUT2D eigenvalue weighted by Gasteiger charge is 2.54. The zero-order valence-electron chi connectivity index (χ0n) is 17.5. The SMILES string of the molecule is CCCC(C)C1(C)CC2(C)CCC(C)(C)C(C)(CC)CCC1C2. The third kappa shape index (κ3) is 3.38. The highest BCUT2D eigenvalue weighted by molar-refractivity contribution is 5.04. The fourth-order valence-electron chi connectivity index (χ4n) is 6.33. The van der Waals surface area contributed by atoms with E-state index in [1.54, 1.807) is 0 Å². The molecule has 2 bridgehead atoms. The predicted octanol–water partition coefficient (Wildman–Crippen LogP) is 7.86. The Kier molecular flexibility index (Phi) is 5.36. The molecule has 0 saturated heterocycles. The van der Waals surface area contributed by atoms with Crippen LogP contribution in [0.1, 0.15) is 113 Å². The van der Waals surface area contributed by atoms with Crippen molar-refractivity contribution < 1.29 is 0 Å². The molecular formula is C23H44. The van der Waals surface area contributed by atoms with Gasteiger partial charge in [-0.05, 0) is 72.0 Å². The molecule has 2 saturated carbocycles. The minimum absolute atomic E-state index is 0.487. The van der Waals surface area contributed by atoms with Crippen LogP contribution in [0.15, 0.2) is 0 Å². The molecule has 0 heteroatoms. The van der Waals surface area contributed by atoms with Crippen molar-refractivity contribution in [2.45, 2.75) is 113 Å². The fraction of sp³-hybridized carbons (Fsp3) is 1.00. The van der Waals surface area contributed by atoms with Crippen molar-refractivity contribution in [3.8, 4) is 0 Å². The molecule has 0 nitrogen and oxygen atoms in total. The van der Waals surface area contributed by atoms with Gasteiger partial charge in [0.25, 0.3) is 0 Å². The Balaban J connectivity index is 2.30. The van der Waals surface area contributed by atoms with Crippen molar-refractivity contribution >= 4 is 0 Å². The normalized spacial score (nSPS) is 45.1. The minimum atomic E-state index is 0.487. The average Bonchev–Trinajstić information content (AvgIpc) is 2.76. The van der Waals surface area contributed by atoms with Gasteiger partial charge in [-0.1, -0.05) is 74.7 Å². The van der Waals surface area contributed by atoms with Crippen LogP contribution in [0.4, 0.5) is 0 Å². The van der Waals surface area contributed by atoms with Gasteiger partial charge in [0.05, 0.1) is 0 Å². The molecule has 2 aliphatic carbocycles. The van der Waals surface area contributed by atoms with E-state index >= 15 is 0 Å². The number of hydrogen-bond acceptors (Lipinski definition) is 0. The van der Waals surface area contributed by atoms with Crippen LogP contribution in [0, 0.1) is 33.5 Å². The van der Waals surface area contributed by atoms with E-state index in [9.17, 15) is 0 Å². The first kappa shape index (κ1) is 19.3. The second kappa shape index (κ2) is 6.38. The maximum absolute atomic E-state index is 2.65. The summed E-state index contributed by atoms with van der Waals surface area (Å²) in [5.41, 5.74) is 2.18. The molecule has 0 N–H and O–H groups in total. The molecule has 0 heterocycles. The molecular weight excluding hydrogens is 276 g/mol. The van der Waals surface area contributed by atoms with E-state index in [1.807, 2.05) is 0 Å². The molecule has 0 radical (unpaired) electrons. The van der Waals surface area contributed by atoms with E-state index in [4.69, 9.17) is 0 Å². The lowest BCUT2D eigenvalue weighted by molar-refractivity contribution is 0.0254. The zero-order valence-corrected chi connectivity index (χ0v) is 17.5. The molecule has 23 heavy (non-hydrogen) atoms. The Bertz CT molecular complexity index is 408. The fourth-order valence-corrected chi connectivity index (χ4v) is 6.33. The van der Waals surface area contributed by atoms with Gasteiger partial charge in [-0.25, -0.2) is 0 Å². The Morgan fingerprint density at radius 2 is 1.61 bits per heavy atom. The Morgan fingerprint density at radius 1 is 0.957 bits per heavy atom. The second-order valence-electron chi connectivity index (χ2n) is 10.9. The van der Waals surface area contributed by atoms with Crippen LogP contribution in [0.25, 0.3) is 0 Å². The molecule has 0 aromatic heterocycles. The molecule has 0 amide bonds. The molecule has 0 aromatic rings. The van der Waals surface area contributed by atoms with E-state index in [1.165, 1.54) is 57.8 Å². The smallest absolute Gasteiger partial charge is 0.0266 e. The molecule has 0 aliphatic heterocycles. The van der Waals surface area contributed by atoms with Crippen LogP contribution in [0.5, 0.6) is 0 Å². The average molecular weight is 321 g/mol. The molecule has 0 aromatic carbocycles. The van der Waals surface area contributed by atoms with Crippen molar-refractivity contribution in [3.05, 3.63) is 0 Å². The maximum Gasteiger partial charge on any atom is -0.0266 e. The summed E-state index contributed by atoms with van der Waals surface area (Å²) in [4.78, 5) is 0. The van der Waals surface area contributed by atoms with Gasteiger partial charge in [0.15, 0.2) is 0 Å². The van der Waals surface area contributed by atoms with E-state index in [-0.39, 0.29) is 0 Å². The van der Waals surface area contributed by atoms with E-state index < -0.39 is 0 Å². The third-order valence-electron chi connectivity index (χ3n) is 9.14. The first-order valence-electron chi connectivity index (χ1n) is 10.5. The van der Waals surface area contributed by atoms with Gasteiger partial charge in [-0.2, -0.15) is 0 Å². The van der Waals surface area contributed by atoms with Gasteiger partial charge >= 0.3 is 0 Å². The van der Waals surface area contributed by atoms with Crippen LogP contribution >= 0.6 is 0 Å². The van der Waals surface area contributed by atoms with Crippen LogP contribution < -0.4 is 0 Å². The summed E-state index contributed by atoms with van der Waals surface area (Å²) in [6.07, 6.45) is 12.8. The van der Waals surface area contributed by atoms with Gasteiger partial charge in [0.2, 0.25) is 0 Å². The maximum atomic E-state index is 2.65. The van der Waals surface area contributed by atoms with E-state index in [0.29, 0.717) is 21.7 Å². The van der Waals surface area contributed by atoms with Crippen LogP contribution in [-0.4, -0.2) is 0 Å². The van der Waals surface area contributed by atoms with Gasteiger partial charge < -0.3 is 0 Å². The van der Waals surface area contributed by atoms with Crippen LogP contribution in [0.3, 0.4) is 0 Å². The Morgan fingerprint density at radius 3 is 2.17 bits per heavy atom. The van der Waals surface area contributed by atoms with E-state index in [0.717, 1.165) is 11.8 Å². The quantitative estimate of drug-likeness (QED) is 0.494. The standard InChI is InChI=1S/C23H44/c1-9-11-18(3)23(8)17-21(6)15-14-20(4,5)22(7,10-2)13-12-19(23)16-21/h18-19H,9-17H2,1-8H3. The Labute approximate surface area is 147 Å². The monoisotopic (exact) mass is 320 g/mol. The first-order valence-corrected chi connectivity index (χ1v) is 10.5. The highest BCUT2D eigenvalue weighted by Crippen LogP contribution is 2.64. The Hall–Kier alpha value is 0. The lowest BCUT2D eigenvalue weighted by Gasteiger charge is -2.48. The number of fused-ring (bicyclic) bond motifs is 2. The van der Waals surface area contributed by atoms with E-state index in [2.05, 4.69) is 55.4 Å². The van der Waals surface area contributed by atoms with Gasteiger partial charge in [-0.15, -0.1) is 0 Å². The summed E-state index contributed by atoms with van der Waals surface area (Å²) < 4.78 is 0. The van der Waals surface area contributed by atoms with Gasteiger partial charge in [0, 0.05) is 0 Å². The minimum Gasteiger partial charge on any atom is -0.0654 e. The summed E-state index contributed by atoms with van der Waals surface area (Å²) in [5, 5.41) is 0. The molecule has 136 valence electrons. The van der Waals surface area contributed by atoms with Crippen molar-refractivity contribution in [3.63, 3.8) is 0 Å². The molecule has 2 rings (SSSR count).